The Labute approximate surface area is 160 Å². The Balaban J connectivity index is 1.61. The van der Waals surface area contributed by atoms with Crippen molar-refractivity contribution in [3.05, 3.63) is 35.4 Å². The summed E-state index contributed by atoms with van der Waals surface area (Å²) in [5.41, 5.74) is 1.72. The van der Waals surface area contributed by atoms with E-state index in [0.29, 0.717) is 12.0 Å². The number of amides is 2. The highest BCUT2D eigenvalue weighted by Crippen LogP contribution is 2.41. The van der Waals surface area contributed by atoms with Gasteiger partial charge in [-0.2, -0.15) is 0 Å². The summed E-state index contributed by atoms with van der Waals surface area (Å²) in [5.74, 6) is 1.30. The van der Waals surface area contributed by atoms with Gasteiger partial charge in [-0.1, -0.05) is 37.5 Å². The van der Waals surface area contributed by atoms with Crippen molar-refractivity contribution in [2.24, 2.45) is 5.92 Å². The molecule has 2 aliphatic carbocycles. The van der Waals surface area contributed by atoms with Gasteiger partial charge in [0.05, 0.1) is 5.37 Å². The highest BCUT2D eigenvalue weighted by atomic mass is 32.2. The van der Waals surface area contributed by atoms with E-state index in [4.69, 9.17) is 0 Å². The van der Waals surface area contributed by atoms with Crippen LogP contribution < -0.4 is 5.32 Å². The van der Waals surface area contributed by atoms with Crippen molar-refractivity contribution in [2.45, 2.75) is 69.3 Å². The smallest absolute Gasteiger partial charge is 0.255 e. The van der Waals surface area contributed by atoms with Crippen molar-refractivity contribution in [3.63, 3.8) is 0 Å². The van der Waals surface area contributed by atoms with E-state index in [1.807, 2.05) is 47.9 Å². The second-order valence-electron chi connectivity index (χ2n) is 7.95. The highest BCUT2D eigenvalue weighted by Gasteiger charge is 2.46. The average Bonchev–Trinajstić information content (AvgIpc) is 3.36. The molecule has 1 aliphatic heterocycles. The molecule has 1 N–H and O–H groups in total. The zero-order chi connectivity index (χ0) is 18.1. The third-order valence-electron chi connectivity index (χ3n) is 5.92. The molecular formula is C21H28N2O2S. The van der Waals surface area contributed by atoms with Crippen LogP contribution in [0.4, 0.5) is 0 Å². The number of nitrogens with one attached hydrogen (secondary N) is 1. The highest BCUT2D eigenvalue weighted by molar-refractivity contribution is 8.00. The fourth-order valence-electron chi connectivity index (χ4n) is 4.25. The fraction of sp³-hybridized carbons (Fsp3) is 0.619. The van der Waals surface area contributed by atoms with Crippen molar-refractivity contribution in [2.75, 3.05) is 5.75 Å². The van der Waals surface area contributed by atoms with E-state index < -0.39 is 0 Å². The molecular weight excluding hydrogens is 344 g/mol. The van der Waals surface area contributed by atoms with Gasteiger partial charge in [0.15, 0.2) is 0 Å². The zero-order valence-electron chi connectivity index (χ0n) is 15.4. The van der Waals surface area contributed by atoms with Crippen LogP contribution in [0.1, 0.15) is 60.9 Å². The van der Waals surface area contributed by atoms with Crippen LogP contribution in [0.5, 0.6) is 0 Å². The minimum absolute atomic E-state index is 0.0274. The van der Waals surface area contributed by atoms with Gasteiger partial charge in [0, 0.05) is 17.4 Å². The van der Waals surface area contributed by atoms with Crippen molar-refractivity contribution >= 4 is 23.6 Å². The van der Waals surface area contributed by atoms with Crippen LogP contribution in [0, 0.1) is 12.8 Å². The number of hydrogen-bond acceptors (Lipinski definition) is 3. The predicted molar refractivity (Wildman–Crippen MR) is 105 cm³/mol. The molecule has 1 heterocycles. The first-order chi connectivity index (χ1) is 12.6. The Hall–Kier alpha value is -1.49. The molecule has 1 saturated heterocycles. The van der Waals surface area contributed by atoms with Gasteiger partial charge in [0.25, 0.3) is 5.91 Å². The van der Waals surface area contributed by atoms with Crippen LogP contribution in [-0.4, -0.2) is 39.9 Å². The third kappa shape index (κ3) is 3.64. The predicted octanol–water partition coefficient (Wildman–Crippen LogP) is 3.74. The van der Waals surface area contributed by atoms with Crippen molar-refractivity contribution < 1.29 is 9.59 Å². The molecule has 1 aromatic carbocycles. The average molecular weight is 373 g/mol. The molecule has 4 rings (SSSR count). The standard InChI is InChI=1S/C21H28N2O2S/c1-14-7-5-6-10-17(14)20(25)23-18(19(24)22-16-11-12-16)13-26-21(23)15-8-3-2-4-9-15/h5-7,10,15-16,18,21H,2-4,8-9,11-13H2,1H3,(H,22,24)/t18-,21-/m0/s1. The Kier molecular flexibility index (Phi) is 5.25. The van der Waals surface area contributed by atoms with Gasteiger partial charge in [-0.3, -0.25) is 9.59 Å². The van der Waals surface area contributed by atoms with Crippen LogP contribution in [0.3, 0.4) is 0 Å². The minimum atomic E-state index is -0.334. The normalized spacial score (nSPS) is 26.7. The van der Waals surface area contributed by atoms with E-state index >= 15 is 0 Å². The van der Waals surface area contributed by atoms with Crippen molar-refractivity contribution in [1.82, 2.24) is 10.2 Å². The van der Waals surface area contributed by atoms with E-state index in [1.165, 1.54) is 32.1 Å². The second kappa shape index (κ2) is 7.63. The molecule has 140 valence electrons. The van der Waals surface area contributed by atoms with Crippen LogP contribution in [0.15, 0.2) is 24.3 Å². The van der Waals surface area contributed by atoms with E-state index in [0.717, 1.165) is 29.7 Å². The molecule has 0 aromatic heterocycles. The van der Waals surface area contributed by atoms with Gasteiger partial charge in [0.2, 0.25) is 5.91 Å². The molecule has 2 saturated carbocycles. The van der Waals surface area contributed by atoms with Crippen LogP contribution in [0.2, 0.25) is 0 Å². The topological polar surface area (TPSA) is 49.4 Å². The Morgan fingerprint density at radius 3 is 2.50 bits per heavy atom. The molecule has 3 aliphatic rings. The molecule has 3 fully saturated rings. The number of aryl methyl sites for hydroxylation is 1. The van der Waals surface area contributed by atoms with E-state index in [9.17, 15) is 9.59 Å². The van der Waals surface area contributed by atoms with Crippen LogP contribution >= 0.6 is 11.8 Å². The number of nitrogens with zero attached hydrogens (tertiary/aromatic N) is 1. The minimum Gasteiger partial charge on any atom is -0.352 e. The van der Waals surface area contributed by atoms with Gasteiger partial charge < -0.3 is 10.2 Å². The lowest BCUT2D eigenvalue weighted by Crippen LogP contribution is -2.52. The fourth-order valence-corrected chi connectivity index (χ4v) is 5.89. The Morgan fingerprint density at radius 2 is 1.81 bits per heavy atom. The van der Waals surface area contributed by atoms with Crippen molar-refractivity contribution in [3.8, 4) is 0 Å². The molecule has 0 unspecified atom stereocenters. The third-order valence-corrected chi connectivity index (χ3v) is 7.39. The summed E-state index contributed by atoms with van der Waals surface area (Å²) in [6.45, 7) is 1.98. The van der Waals surface area contributed by atoms with E-state index in [1.54, 1.807) is 0 Å². The number of benzene rings is 1. The summed E-state index contributed by atoms with van der Waals surface area (Å²) in [6, 6.07) is 7.75. The molecule has 0 radical (unpaired) electrons. The summed E-state index contributed by atoms with van der Waals surface area (Å²) >= 11 is 1.81. The van der Waals surface area contributed by atoms with Gasteiger partial charge in [-0.05, 0) is 50.2 Å². The Bertz CT molecular complexity index is 682. The zero-order valence-corrected chi connectivity index (χ0v) is 16.3. The molecule has 2 amide bonds. The van der Waals surface area contributed by atoms with Gasteiger partial charge in [-0.25, -0.2) is 0 Å². The van der Waals surface area contributed by atoms with Gasteiger partial charge in [0.1, 0.15) is 6.04 Å². The summed E-state index contributed by atoms with van der Waals surface area (Å²) < 4.78 is 0. The first-order valence-corrected chi connectivity index (χ1v) is 11.0. The number of thioether (sulfide) groups is 1. The maximum absolute atomic E-state index is 13.5. The second-order valence-corrected chi connectivity index (χ2v) is 9.10. The quantitative estimate of drug-likeness (QED) is 0.876. The monoisotopic (exact) mass is 372 g/mol. The van der Waals surface area contributed by atoms with Crippen LogP contribution in [0.25, 0.3) is 0 Å². The van der Waals surface area contributed by atoms with E-state index in [2.05, 4.69) is 5.32 Å². The molecule has 0 bridgehead atoms. The SMILES string of the molecule is Cc1ccccc1C(=O)N1[C@H](C(=O)NC2CC2)CS[C@H]1C1CCCCC1. The first-order valence-electron chi connectivity index (χ1n) is 9.95. The number of hydrogen-bond donors (Lipinski definition) is 1. The largest absolute Gasteiger partial charge is 0.352 e. The van der Waals surface area contributed by atoms with Gasteiger partial charge in [-0.15, -0.1) is 11.8 Å². The molecule has 4 nitrogen and oxygen atoms in total. The number of rotatable bonds is 4. The van der Waals surface area contributed by atoms with Crippen molar-refractivity contribution in [1.29, 1.82) is 0 Å². The van der Waals surface area contributed by atoms with Gasteiger partial charge >= 0.3 is 0 Å². The molecule has 5 heteroatoms. The number of carbonyl (C=O) groups excluding carboxylic acids is 2. The lowest BCUT2D eigenvalue weighted by molar-refractivity contribution is -0.125. The molecule has 0 spiro atoms. The summed E-state index contributed by atoms with van der Waals surface area (Å²) in [6.07, 6.45) is 8.27. The molecule has 26 heavy (non-hydrogen) atoms. The lowest BCUT2D eigenvalue weighted by atomic mass is 9.88. The molecule has 1 aromatic rings. The van der Waals surface area contributed by atoms with Crippen LogP contribution in [-0.2, 0) is 4.79 Å². The maximum atomic E-state index is 13.5. The summed E-state index contributed by atoms with van der Waals surface area (Å²) in [4.78, 5) is 28.2. The lowest BCUT2D eigenvalue weighted by Gasteiger charge is -2.35. The molecule has 2 atom stereocenters. The summed E-state index contributed by atoms with van der Waals surface area (Å²) in [7, 11) is 0. The summed E-state index contributed by atoms with van der Waals surface area (Å²) in [5, 5.41) is 3.26. The van der Waals surface area contributed by atoms with E-state index in [-0.39, 0.29) is 23.2 Å². The first kappa shape index (κ1) is 17.9. The maximum Gasteiger partial charge on any atom is 0.255 e. The number of carbonyl (C=O) groups is 2. The Morgan fingerprint density at radius 1 is 1.08 bits per heavy atom.